The Kier molecular flexibility index (Phi) is 5.90. The summed E-state index contributed by atoms with van der Waals surface area (Å²) in [6, 6.07) is 0. The topological polar surface area (TPSA) is 111 Å². The predicted octanol–water partition coefficient (Wildman–Crippen LogP) is 1.98. The Morgan fingerprint density at radius 2 is 2.03 bits per heavy atom. The second-order valence-corrected chi connectivity index (χ2v) is 7.85. The molecule has 0 radical (unpaired) electrons. The molecule has 2 aromatic heterocycles. The van der Waals surface area contributed by atoms with Crippen molar-refractivity contribution in [2.45, 2.75) is 59.3 Å². The van der Waals surface area contributed by atoms with Crippen molar-refractivity contribution >= 4 is 23.2 Å². The molecule has 1 saturated heterocycles. The van der Waals surface area contributed by atoms with Gasteiger partial charge in [0, 0.05) is 26.1 Å². The van der Waals surface area contributed by atoms with Crippen molar-refractivity contribution in [1.82, 2.24) is 29.7 Å². The van der Waals surface area contributed by atoms with Crippen molar-refractivity contribution in [3.63, 3.8) is 0 Å². The van der Waals surface area contributed by atoms with Gasteiger partial charge in [0.2, 0.25) is 11.7 Å². The normalized spacial score (nSPS) is 16.9. The number of hydrogen-bond acceptors (Lipinski definition) is 7. The summed E-state index contributed by atoms with van der Waals surface area (Å²) in [4.78, 5) is 39.2. The van der Waals surface area contributed by atoms with E-state index in [4.69, 9.17) is 9.47 Å². The van der Waals surface area contributed by atoms with Crippen LogP contribution in [-0.2, 0) is 11.3 Å². The lowest BCUT2D eigenvalue weighted by Crippen LogP contribution is -2.36. The molecule has 0 bridgehead atoms. The number of rotatable bonds is 5. The van der Waals surface area contributed by atoms with E-state index < -0.39 is 5.60 Å². The first-order valence-electron chi connectivity index (χ1n) is 9.87. The molecule has 0 aliphatic carbocycles. The SMILES string of the molecule is CCNC(=O)c1nc2c(O[C@H]3CCN(C(=O)OC(C)(C)C)C3)ncnc2n1CC. The van der Waals surface area contributed by atoms with E-state index in [2.05, 4.69) is 20.3 Å². The fraction of sp³-hybridized carbons (Fsp3) is 0.632. The average molecular weight is 404 g/mol. The third kappa shape index (κ3) is 4.57. The van der Waals surface area contributed by atoms with Gasteiger partial charge in [-0.05, 0) is 34.6 Å². The standard InChI is InChI=1S/C19H28N6O4/c1-6-20-16(26)15-23-13-14(25(15)7-2)21-11-22-17(13)28-12-8-9-24(10-12)18(27)29-19(3,4)5/h11-12H,6-10H2,1-5H3,(H,20,26)/t12-/m0/s1. The molecule has 1 aliphatic heterocycles. The van der Waals surface area contributed by atoms with Crippen LogP contribution in [0.25, 0.3) is 11.2 Å². The quantitative estimate of drug-likeness (QED) is 0.811. The van der Waals surface area contributed by atoms with Crippen LogP contribution in [0.1, 0.15) is 51.7 Å². The second-order valence-electron chi connectivity index (χ2n) is 7.85. The summed E-state index contributed by atoms with van der Waals surface area (Å²) in [6.45, 7) is 11.3. The van der Waals surface area contributed by atoms with Gasteiger partial charge in [-0.1, -0.05) is 0 Å². The largest absolute Gasteiger partial charge is 0.471 e. The highest BCUT2D eigenvalue weighted by Crippen LogP contribution is 2.25. The molecule has 0 aromatic carbocycles. The van der Waals surface area contributed by atoms with Gasteiger partial charge in [-0.3, -0.25) is 4.79 Å². The van der Waals surface area contributed by atoms with Gasteiger partial charge >= 0.3 is 6.09 Å². The fourth-order valence-corrected chi connectivity index (χ4v) is 3.19. The van der Waals surface area contributed by atoms with Crippen LogP contribution in [0.5, 0.6) is 5.88 Å². The molecule has 158 valence electrons. The van der Waals surface area contributed by atoms with E-state index in [9.17, 15) is 9.59 Å². The molecule has 1 N–H and O–H groups in total. The van der Waals surface area contributed by atoms with Gasteiger partial charge < -0.3 is 24.3 Å². The highest BCUT2D eigenvalue weighted by atomic mass is 16.6. The Balaban J connectivity index is 1.79. The summed E-state index contributed by atoms with van der Waals surface area (Å²) in [5.41, 5.74) is 0.434. The van der Waals surface area contributed by atoms with Crippen LogP contribution in [0.3, 0.4) is 0 Å². The first-order valence-corrected chi connectivity index (χ1v) is 9.87. The molecule has 0 spiro atoms. The number of ether oxygens (including phenoxy) is 2. The smallest absolute Gasteiger partial charge is 0.410 e. The zero-order valence-electron chi connectivity index (χ0n) is 17.6. The number of aromatic nitrogens is 4. The predicted molar refractivity (Wildman–Crippen MR) is 106 cm³/mol. The number of amides is 2. The summed E-state index contributed by atoms with van der Waals surface area (Å²) in [7, 11) is 0. The average Bonchev–Trinajstić information content (AvgIpc) is 3.25. The highest BCUT2D eigenvalue weighted by molar-refractivity contribution is 5.94. The molecule has 0 saturated carbocycles. The van der Waals surface area contributed by atoms with E-state index in [-0.39, 0.29) is 23.9 Å². The van der Waals surface area contributed by atoms with E-state index in [1.807, 2.05) is 34.6 Å². The van der Waals surface area contributed by atoms with Gasteiger partial charge in [-0.2, -0.15) is 4.98 Å². The van der Waals surface area contributed by atoms with E-state index in [1.165, 1.54) is 6.33 Å². The second kappa shape index (κ2) is 8.22. The van der Waals surface area contributed by atoms with Crippen molar-refractivity contribution < 1.29 is 19.1 Å². The van der Waals surface area contributed by atoms with E-state index in [0.717, 1.165) is 0 Å². The molecule has 3 heterocycles. The molecule has 29 heavy (non-hydrogen) atoms. The molecule has 2 amide bonds. The number of carbonyl (C=O) groups is 2. The van der Waals surface area contributed by atoms with Crippen molar-refractivity contribution in [1.29, 1.82) is 0 Å². The van der Waals surface area contributed by atoms with Crippen LogP contribution >= 0.6 is 0 Å². The third-order valence-electron chi connectivity index (χ3n) is 4.43. The van der Waals surface area contributed by atoms with Crippen molar-refractivity contribution in [2.75, 3.05) is 19.6 Å². The molecule has 3 rings (SSSR count). The van der Waals surface area contributed by atoms with Crippen LogP contribution in [0.15, 0.2) is 6.33 Å². The van der Waals surface area contributed by atoms with Crippen molar-refractivity contribution in [2.24, 2.45) is 0 Å². The minimum atomic E-state index is -0.544. The van der Waals surface area contributed by atoms with Crippen molar-refractivity contribution in [3.8, 4) is 5.88 Å². The number of fused-ring (bicyclic) bond motifs is 1. The zero-order valence-corrected chi connectivity index (χ0v) is 17.6. The summed E-state index contributed by atoms with van der Waals surface area (Å²) in [5.74, 6) is 0.315. The number of hydrogen-bond donors (Lipinski definition) is 1. The van der Waals surface area contributed by atoms with Gasteiger partial charge in [-0.15, -0.1) is 0 Å². The molecular formula is C19H28N6O4. The van der Waals surface area contributed by atoms with Gasteiger partial charge in [0.15, 0.2) is 11.2 Å². The molecule has 1 aliphatic rings. The molecule has 0 unspecified atom stereocenters. The maximum absolute atomic E-state index is 12.3. The lowest BCUT2D eigenvalue weighted by atomic mass is 10.2. The maximum Gasteiger partial charge on any atom is 0.410 e. The monoisotopic (exact) mass is 404 g/mol. The molecule has 1 fully saturated rings. The lowest BCUT2D eigenvalue weighted by molar-refractivity contribution is 0.0275. The Morgan fingerprint density at radius 1 is 1.28 bits per heavy atom. The van der Waals surface area contributed by atoms with Crippen LogP contribution in [0.2, 0.25) is 0 Å². The minimum absolute atomic E-state index is 0.236. The van der Waals surface area contributed by atoms with Crippen LogP contribution in [-0.4, -0.2) is 67.8 Å². The molecule has 10 heteroatoms. The van der Waals surface area contributed by atoms with E-state index in [0.29, 0.717) is 49.6 Å². The fourth-order valence-electron chi connectivity index (χ4n) is 3.19. The van der Waals surface area contributed by atoms with E-state index in [1.54, 1.807) is 9.47 Å². The van der Waals surface area contributed by atoms with E-state index >= 15 is 0 Å². The molecular weight excluding hydrogens is 376 g/mol. The minimum Gasteiger partial charge on any atom is -0.471 e. The summed E-state index contributed by atoms with van der Waals surface area (Å²) in [5, 5.41) is 2.76. The number of imidazole rings is 1. The van der Waals surface area contributed by atoms with Crippen LogP contribution in [0.4, 0.5) is 4.79 Å². The molecule has 10 nitrogen and oxygen atoms in total. The van der Waals surface area contributed by atoms with Crippen LogP contribution in [0, 0.1) is 0 Å². The number of aryl methyl sites for hydroxylation is 1. The molecule has 1 atom stereocenters. The van der Waals surface area contributed by atoms with Gasteiger partial charge in [0.05, 0.1) is 6.54 Å². The number of likely N-dealkylation sites (tertiary alicyclic amines) is 1. The zero-order chi connectivity index (χ0) is 21.2. The molecule has 2 aromatic rings. The number of nitrogens with one attached hydrogen (secondary N) is 1. The Labute approximate surface area is 169 Å². The summed E-state index contributed by atoms with van der Waals surface area (Å²) >= 11 is 0. The first kappa shape index (κ1) is 20.8. The Morgan fingerprint density at radius 3 is 2.69 bits per heavy atom. The summed E-state index contributed by atoms with van der Waals surface area (Å²) < 4.78 is 13.2. The van der Waals surface area contributed by atoms with Gasteiger partial charge in [0.25, 0.3) is 5.91 Å². The maximum atomic E-state index is 12.3. The van der Waals surface area contributed by atoms with Crippen LogP contribution < -0.4 is 10.1 Å². The first-order chi connectivity index (χ1) is 13.7. The summed E-state index contributed by atoms with van der Waals surface area (Å²) in [6.07, 6.45) is 1.46. The highest BCUT2D eigenvalue weighted by Gasteiger charge is 2.32. The van der Waals surface area contributed by atoms with Crippen molar-refractivity contribution in [3.05, 3.63) is 12.2 Å². The Hall–Kier alpha value is -2.91. The number of carbonyl (C=O) groups excluding carboxylic acids is 2. The lowest BCUT2D eigenvalue weighted by Gasteiger charge is -2.24. The number of nitrogens with zero attached hydrogens (tertiary/aromatic N) is 5. The Bertz CT molecular complexity index is 904. The van der Waals surface area contributed by atoms with Gasteiger partial charge in [-0.25, -0.2) is 14.8 Å². The third-order valence-corrected chi connectivity index (χ3v) is 4.43. The van der Waals surface area contributed by atoms with Gasteiger partial charge in [0.1, 0.15) is 18.0 Å².